The van der Waals surface area contributed by atoms with Gasteiger partial charge in [0, 0.05) is 11.9 Å². The number of nitriles is 1. The second-order valence-electron chi connectivity index (χ2n) is 4.52. The Bertz CT molecular complexity index is 592. The number of benzene rings is 1. The SMILES string of the molecule is CC(CO)(Nc1ccnc(C#N)c1)c1ccccc1. The van der Waals surface area contributed by atoms with E-state index in [0.717, 1.165) is 11.3 Å². The van der Waals surface area contributed by atoms with Gasteiger partial charge in [0.2, 0.25) is 0 Å². The average Bonchev–Trinajstić information content (AvgIpc) is 2.48. The highest BCUT2D eigenvalue weighted by atomic mass is 16.3. The normalized spacial score (nSPS) is 13.3. The second kappa shape index (κ2) is 5.51. The molecule has 0 fully saturated rings. The molecule has 0 aliphatic heterocycles. The van der Waals surface area contributed by atoms with Crippen molar-refractivity contribution in [3.63, 3.8) is 0 Å². The number of aliphatic hydroxyl groups is 1. The lowest BCUT2D eigenvalue weighted by Gasteiger charge is -2.30. The van der Waals surface area contributed by atoms with Crippen LogP contribution in [0.3, 0.4) is 0 Å². The maximum absolute atomic E-state index is 9.68. The fraction of sp³-hybridized carbons (Fsp3) is 0.200. The summed E-state index contributed by atoms with van der Waals surface area (Å²) in [5.74, 6) is 0. The lowest BCUT2D eigenvalue weighted by molar-refractivity contribution is 0.224. The Morgan fingerprint density at radius 2 is 2.05 bits per heavy atom. The van der Waals surface area contributed by atoms with Crippen LogP contribution in [0.2, 0.25) is 0 Å². The van der Waals surface area contributed by atoms with Crippen molar-refractivity contribution in [3.05, 3.63) is 59.9 Å². The Morgan fingerprint density at radius 1 is 1.32 bits per heavy atom. The molecule has 0 saturated carbocycles. The van der Waals surface area contributed by atoms with E-state index in [1.54, 1.807) is 18.3 Å². The number of hydrogen-bond acceptors (Lipinski definition) is 4. The fourth-order valence-electron chi connectivity index (χ4n) is 1.90. The van der Waals surface area contributed by atoms with Gasteiger partial charge in [-0.15, -0.1) is 0 Å². The third kappa shape index (κ3) is 2.90. The summed E-state index contributed by atoms with van der Waals surface area (Å²) >= 11 is 0. The Balaban J connectivity index is 2.31. The van der Waals surface area contributed by atoms with Gasteiger partial charge in [-0.3, -0.25) is 0 Å². The molecular formula is C15H15N3O. The van der Waals surface area contributed by atoms with E-state index in [1.165, 1.54) is 0 Å². The first-order chi connectivity index (χ1) is 9.18. The van der Waals surface area contributed by atoms with E-state index in [2.05, 4.69) is 10.3 Å². The number of pyridine rings is 1. The highest BCUT2D eigenvalue weighted by Crippen LogP contribution is 2.25. The van der Waals surface area contributed by atoms with Crippen molar-refractivity contribution in [2.45, 2.75) is 12.5 Å². The summed E-state index contributed by atoms with van der Waals surface area (Å²) < 4.78 is 0. The van der Waals surface area contributed by atoms with Crippen molar-refractivity contribution in [1.29, 1.82) is 5.26 Å². The van der Waals surface area contributed by atoms with Crippen molar-refractivity contribution in [1.82, 2.24) is 4.98 Å². The minimum absolute atomic E-state index is 0.0543. The van der Waals surface area contributed by atoms with Gasteiger partial charge in [0.1, 0.15) is 11.8 Å². The molecule has 0 aliphatic rings. The molecule has 0 saturated heterocycles. The predicted molar refractivity (Wildman–Crippen MR) is 73.5 cm³/mol. The predicted octanol–water partition coefficient (Wildman–Crippen LogP) is 2.27. The van der Waals surface area contributed by atoms with Crippen LogP contribution in [0.15, 0.2) is 48.7 Å². The number of nitrogens with zero attached hydrogens (tertiary/aromatic N) is 2. The van der Waals surface area contributed by atoms with Gasteiger partial charge in [-0.25, -0.2) is 4.98 Å². The zero-order valence-corrected chi connectivity index (χ0v) is 10.7. The zero-order chi connectivity index (χ0) is 13.7. The molecule has 2 N–H and O–H groups in total. The highest BCUT2D eigenvalue weighted by Gasteiger charge is 2.25. The first kappa shape index (κ1) is 13.1. The lowest BCUT2D eigenvalue weighted by atomic mass is 9.92. The van der Waals surface area contributed by atoms with Crippen LogP contribution in [-0.2, 0) is 5.54 Å². The van der Waals surface area contributed by atoms with Crippen molar-refractivity contribution >= 4 is 5.69 Å². The summed E-state index contributed by atoms with van der Waals surface area (Å²) in [6.45, 7) is 1.86. The van der Waals surface area contributed by atoms with Gasteiger partial charge >= 0.3 is 0 Å². The van der Waals surface area contributed by atoms with E-state index in [1.807, 2.05) is 43.3 Å². The third-order valence-electron chi connectivity index (χ3n) is 3.02. The van der Waals surface area contributed by atoms with E-state index >= 15 is 0 Å². The van der Waals surface area contributed by atoms with Gasteiger partial charge in [-0.05, 0) is 24.6 Å². The molecule has 0 radical (unpaired) electrons. The number of aromatic nitrogens is 1. The van der Waals surface area contributed by atoms with Crippen LogP contribution >= 0.6 is 0 Å². The van der Waals surface area contributed by atoms with Crippen LogP contribution in [0.1, 0.15) is 18.2 Å². The molecular weight excluding hydrogens is 238 g/mol. The molecule has 96 valence electrons. The van der Waals surface area contributed by atoms with E-state index in [9.17, 15) is 5.11 Å². The summed E-state index contributed by atoms with van der Waals surface area (Å²) in [5.41, 5.74) is 1.48. The Morgan fingerprint density at radius 3 is 2.68 bits per heavy atom. The van der Waals surface area contributed by atoms with Crippen molar-refractivity contribution < 1.29 is 5.11 Å². The van der Waals surface area contributed by atoms with Crippen LogP contribution in [0.25, 0.3) is 0 Å². The Hall–Kier alpha value is -2.38. The summed E-state index contributed by atoms with van der Waals surface area (Å²) in [7, 11) is 0. The largest absolute Gasteiger partial charge is 0.394 e. The summed E-state index contributed by atoms with van der Waals surface area (Å²) in [6, 6.07) is 15.1. The van der Waals surface area contributed by atoms with Gasteiger partial charge in [0.25, 0.3) is 0 Å². The number of nitrogens with one attached hydrogen (secondary N) is 1. The van der Waals surface area contributed by atoms with Crippen LogP contribution < -0.4 is 5.32 Å². The van der Waals surface area contributed by atoms with Crippen molar-refractivity contribution in [2.24, 2.45) is 0 Å². The molecule has 2 aromatic rings. The first-order valence-electron chi connectivity index (χ1n) is 5.99. The summed E-state index contributed by atoms with van der Waals surface area (Å²) in [6.07, 6.45) is 1.57. The summed E-state index contributed by atoms with van der Waals surface area (Å²) in [5, 5.41) is 21.8. The van der Waals surface area contributed by atoms with E-state index in [0.29, 0.717) is 5.69 Å². The van der Waals surface area contributed by atoms with Crippen LogP contribution in [-0.4, -0.2) is 16.7 Å². The van der Waals surface area contributed by atoms with Gasteiger partial charge in [-0.2, -0.15) is 5.26 Å². The molecule has 19 heavy (non-hydrogen) atoms. The smallest absolute Gasteiger partial charge is 0.142 e. The monoisotopic (exact) mass is 253 g/mol. The molecule has 0 amide bonds. The fourth-order valence-corrected chi connectivity index (χ4v) is 1.90. The highest BCUT2D eigenvalue weighted by molar-refractivity contribution is 5.49. The number of anilines is 1. The van der Waals surface area contributed by atoms with Gasteiger partial charge in [0.15, 0.2) is 0 Å². The maximum Gasteiger partial charge on any atom is 0.142 e. The van der Waals surface area contributed by atoms with Gasteiger partial charge in [0.05, 0.1) is 12.1 Å². The lowest BCUT2D eigenvalue weighted by Crippen LogP contribution is -2.35. The van der Waals surface area contributed by atoms with Crippen molar-refractivity contribution in [2.75, 3.05) is 11.9 Å². The number of hydrogen-bond donors (Lipinski definition) is 2. The van der Waals surface area contributed by atoms with E-state index in [-0.39, 0.29) is 6.61 Å². The van der Waals surface area contributed by atoms with Gasteiger partial charge in [-0.1, -0.05) is 30.3 Å². The molecule has 1 atom stereocenters. The van der Waals surface area contributed by atoms with Crippen LogP contribution in [0.5, 0.6) is 0 Å². The first-order valence-corrected chi connectivity index (χ1v) is 5.99. The maximum atomic E-state index is 9.68. The molecule has 1 aromatic carbocycles. The van der Waals surface area contributed by atoms with Crippen molar-refractivity contribution in [3.8, 4) is 6.07 Å². The Kier molecular flexibility index (Phi) is 3.79. The Labute approximate surface area is 112 Å². The molecule has 1 unspecified atom stereocenters. The standard InChI is InChI=1S/C15H15N3O/c1-15(11-19,12-5-3-2-4-6-12)18-13-7-8-17-14(9-13)10-16/h2-9,19H,11H2,1H3,(H,17,18). The molecule has 4 heteroatoms. The quantitative estimate of drug-likeness (QED) is 0.877. The summed E-state index contributed by atoms with van der Waals surface area (Å²) in [4.78, 5) is 3.92. The van der Waals surface area contributed by atoms with Crippen LogP contribution in [0.4, 0.5) is 5.69 Å². The molecule has 0 bridgehead atoms. The molecule has 1 heterocycles. The third-order valence-corrected chi connectivity index (χ3v) is 3.02. The van der Waals surface area contributed by atoms with E-state index < -0.39 is 5.54 Å². The molecule has 0 spiro atoms. The number of rotatable bonds is 4. The minimum atomic E-state index is -0.602. The van der Waals surface area contributed by atoms with E-state index in [4.69, 9.17) is 5.26 Å². The van der Waals surface area contributed by atoms with Crippen LogP contribution in [0, 0.1) is 11.3 Å². The second-order valence-corrected chi connectivity index (χ2v) is 4.52. The minimum Gasteiger partial charge on any atom is -0.394 e. The zero-order valence-electron chi connectivity index (χ0n) is 10.7. The number of aliphatic hydroxyl groups excluding tert-OH is 1. The van der Waals surface area contributed by atoms with Gasteiger partial charge < -0.3 is 10.4 Å². The topological polar surface area (TPSA) is 68.9 Å². The molecule has 4 nitrogen and oxygen atoms in total. The molecule has 2 rings (SSSR count). The molecule has 1 aromatic heterocycles. The molecule has 0 aliphatic carbocycles. The average molecular weight is 253 g/mol.